The third-order valence-electron chi connectivity index (χ3n) is 1.43. The summed E-state index contributed by atoms with van der Waals surface area (Å²) in [6.45, 7) is 0. The molecule has 82 valence electrons. The topological polar surface area (TPSA) is 29.1 Å². The Hall–Kier alpha value is -0.750. The predicted molar refractivity (Wildman–Crippen MR) is 53.8 cm³/mol. The highest BCUT2D eigenvalue weighted by atomic mass is 79.9. The Bertz CT molecular complexity index is 394. The second kappa shape index (κ2) is 4.40. The molecule has 0 aromatic heterocycles. The second-order valence-corrected chi connectivity index (χ2v) is 3.87. The summed E-state index contributed by atoms with van der Waals surface area (Å²) in [6, 6.07) is 4.14. The van der Waals surface area contributed by atoms with Crippen molar-refractivity contribution in [1.82, 2.24) is 0 Å². The molecule has 0 unspecified atom stereocenters. The molecule has 0 saturated carbocycles. The van der Waals surface area contributed by atoms with Crippen LogP contribution >= 0.6 is 27.5 Å². The lowest BCUT2D eigenvalue weighted by atomic mass is 10.3. The van der Waals surface area contributed by atoms with Crippen LogP contribution in [0.4, 0.5) is 18.9 Å². The normalized spacial score (nSPS) is 11.3. The van der Waals surface area contributed by atoms with E-state index in [0.717, 1.165) is 0 Å². The van der Waals surface area contributed by atoms with Gasteiger partial charge in [-0.3, -0.25) is 4.79 Å². The van der Waals surface area contributed by atoms with E-state index in [0.29, 0.717) is 4.47 Å². The van der Waals surface area contributed by atoms with Crippen LogP contribution in [0.5, 0.6) is 0 Å². The minimum Gasteiger partial charge on any atom is -0.317 e. The molecule has 2 nitrogen and oxygen atoms in total. The fraction of sp³-hybridized carbons (Fsp3) is 0.125. The first-order chi connectivity index (χ1) is 6.80. The minimum atomic E-state index is -4.91. The molecule has 1 aromatic carbocycles. The highest BCUT2D eigenvalue weighted by molar-refractivity contribution is 9.10. The molecule has 0 radical (unpaired) electrons. The number of carbonyl (C=O) groups excluding carboxylic acids is 1. The van der Waals surface area contributed by atoms with Gasteiger partial charge in [-0.05, 0) is 34.1 Å². The van der Waals surface area contributed by atoms with Crippen molar-refractivity contribution in [2.24, 2.45) is 0 Å². The van der Waals surface area contributed by atoms with Gasteiger partial charge >= 0.3 is 12.1 Å². The molecule has 1 N–H and O–H groups in total. The monoisotopic (exact) mass is 301 g/mol. The average Bonchev–Trinajstić information content (AvgIpc) is 2.09. The molecule has 0 fully saturated rings. The Morgan fingerprint density at radius 1 is 1.40 bits per heavy atom. The van der Waals surface area contributed by atoms with Crippen LogP contribution in [-0.2, 0) is 4.79 Å². The second-order valence-electron chi connectivity index (χ2n) is 2.58. The van der Waals surface area contributed by atoms with Crippen molar-refractivity contribution < 1.29 is 18.0 Å². The lowest BCUT2D eigenvalue weighted by molar-refractivity contribution is -0.167. The first kappa shape index (κ1) is 12.3. The van der Waals surface area contributed by atoms with Crippen LogP contribution in [0.25, 0.3) is 0 Å². The van der Waals surface area contributed by atoms with Crippen molar-refractivity contribution in [2.75, 3.05) is 5.32 Å². The van der Waals surface area contributed by atoms with Crippen molar-refractivity contribution in [2.45, 2.75) is 6.18 Å². The van der Waals surface area contributed by atoms with Gasteiger partial charge in [-0.15, -0.1) is 0 Å². The Labute approximate surface area is 96.5 Å². The van der Waals surface area contributed by atoms with Crippen LogP contribution < -0.4 is 5.32 Å². The molecular formula is C8H4BrClF3NO. The third-order valence-corrected chi connectivity index (χ3v) is 2.36. The van der Waals surface area contributed by atoms with E-state index in [9.17, 15) is 18.0 Å². The summed E-state index contributed by atoms with van der Waals surface area (Å²) in [4.78, 5) is 10.6. The molecule has 0 aliphatic rings. The first-order valence-electron chi connectivity index (χ1n) is 3.64. The Kier molecular flexibility index (Phi) is 3.62. The largest absolute Gasteiger partial charge is 0.471 e. The van der Waals surface area contributed by atoms with E-state index < -0.39 is 12.1 Å². The van der Waals surface area contributed by atoms with Gasteiger partial charge in [-0.25, -0.2) is 0 Å². The summed E-state index contributed by atoms with van der Waals surface area (Å²) in [5, 5.41) is 1.93. The number of nitrogens with one attached hydrogen (secondary N) is 1. The molecule has 0 aliphatic carbocycles. The van der Waals surface area contributed by atoms with Crippen molar-refractivity contribution in [1.29, 1.82) is 0 Å². The van der Waals surface area contributed by atoms with Crippen molar-refractivity contribution >= 4 is 39.1 Å². The Morgan fingerprint density at radius 2 is 2.00 bits per heavy atom. The summed E-state index contributed by atoms with van der Waals surface area (Å²) in [5.74, 6) is -2.04. The van der Waals surface area contributed by atoms with E-state index in [2.05, 4.69) is 15.9 Å². The number of anilines is 1. The molecule has 1 aromatic rings. The van der Waals surface area contributed by atoms with E-state index in [1.807, 2.05) is 0 Å². The fourth-order valence-corrected chi connectivity index (χ4v) is 1.30. The van der Waals surface area contributed by atoms with Crippen molar-refractivity contribution in [3.05, 3.63) is 27.7 Å². The zero-order chi connectivity index (χ0) is 11.6. The summed E-state index contributed by atoms with van der Waals surface area (Å²) in [7, 11) is 0. The molecule has 0 saturated heterocycles. The maximum Gasteiger partial charge on any atom is 0.471 e. The van der Waals surface area contributed by atoms with Gasteiger partial charge in [-0.1, -0.05) is 11.6 Å². The van der Waals surface area contributed by atoms with Crippen LogP contribution in [0.3, 0.4) is 0 Å². The number of alkyl halides is 3. The van der Waals surface area contributed by atoms with Crippen molar-refractivity contribution in [3.63, 3.8) is 0 Å². The summed E-state index contributed by atoms with van der Waals surface area (Å²) in [5.41, 5.74) is -0.0233. The summed E-state index contributed by atoms with van der Waals surface area (Å²) in [6.07, 6.45) is -4.91. The highest BCUT2D eigenvalue weighted by Gasteiger charge is 2.38. The van der Waals surface area contributed by atoms with Gasteiger partial charge in [0.15, 0.2) is 0 Å². The SMILES string of the molecule is O=C(Nc1cc(Cl)ccc1Br)C(F)(F)F. The smallest absolute Gasteiger partial charge is 0.317 e. The zero-order valence-corrected chi connectivity index (χ0v) is 9.37. The van der Waals surface area contributed by atoms with Crippen LogP contribution in [0.1, 0.15) is 0 Å². The average molecular weight is 302 g/mol. The summed E-state index contributed by atoms with van der Waals surface area (Å²) < 4.78 is 36.0. The lowest BCUT2D eigenvalue weighted by Gasteiger charge is -2.09. The standard InChI is InChI=1S/C8H4BrClF3NO/c9-5-2-1-4(10)3-6(5)14-7(15)8(11,12)13/h1-3H,(H,14,15). The molecule has 0 bridgehead atoms. The molecule has 1 rings (SSSR count). The first-order valence-corrected chi connectivity index (χ1v) is 4.81. The molecule has 15 heavy (non-hydrogen) atoms. The third kappa shape index (κ3) is 3.39. The Morgan fingerprint density at radius 3 is 2.53 bits per heavy atom. The van der Waals surface area contributed by atoms with Crippen molar-refractivity contribution in [3.8, 4) is 0 Å². The van der Waals surface area contributed by atoms with Gasteiger partial charge in [-0.2, -0.15) is 13.2 Å². The zero-order valence-electron chi connectivity index (χ0n) is 7.03. The van der Waals surface area contributed by atoms with Gasteiger partial charge in [0.05, 0.1) is 5.69 Å². The van der Waals surface area contributed by atoms with Crippen LogP contribution in [0, 0.1) is 0 Å². The maximum absolute atomic E-state index is 11.9. The van der Waals surface area contributed by atoms with Gasteiger partial charge in [0.25, 0.3) is 0 Å². The Balaban J connectivity index is 2.90. The maximum atomic E-state index is 11.9. The number of carbonyl (C=O) groups is 1. The molecule has 1 amide bonds. The van der Waals surface area contributed by atoms with Gasteiger partial charge < -0.3 is 5.32 Å². The predicted octanol–water partition coefficient (Wildman–Crippen LogP) is 3.60. The van der Waals surface area contributed by atoms with E-state index in [4.69, 9.17) is 11.6 Å². The molecule has 7 heteroatoms. The molecular weight excluding hydrogens is 298 g/mol. The van der Waals surface area contributed by atoms with Gasteiger partial charge in [0, 0.05) is 9.50 Å². The number of rotatable bonds is 1. The fourth-order valence-electron chi connectivity index (χ4n) is 0.786. The van der Waals surface area contributed by atoms with E-state index in [1.165, 1.54) is 18.2 Å². The lowest BCUT2D eigenvalue weighted by Crippen LogP contribution is -2.30. The quantitative estimate of drug-likeness (QED) is 0.843. The summed E-state index contributed by atoms with van der Waals surface area (Å²) >= 11 is 8.55. The molecule has 0 aliphatic heterocycles. The number of hydrogen-bond acceptors (Lipinski definition) is 1. The molecule has 0 spiro atoms. The van der Waals surface area contributed by atoms with Gasteiger partial charge in [0.1, 0.15) is 0 Å². The van der Waals surface area contributed by atoms with E-state index in [-0.39, 0.29) is 10.7 Å². The van der Waals surface area contributed by atoms with E-state index in [1.54, 1.807) is 5.32 Å². The number of amides is 1. The number of benzene rings is 1. The van der Waals surface area contributed by atoms with Crippen LogP contribution in [0.2, 0.25) is 5.02 Å². The molecule has 0 heterocycles. The number of hydrogen-bond donors (Lipinski definition) is 1. The highest BCUT2D eigenvalue weighted by Crippen LogP contribution is 2.27. The van der Waals surface area contributed by atoms with Gasteiger partial charge in [0.2, 0.25) is 0 Å². The van der Waals surface area contributed by atoms with Crippen LogP contribution in [0.15, 0.2) is 22.7 Å². The van der Waals surface area contributed by atoms with E-state index >= 15 is 0 Å². The molecule has 0 atom stereocenters. The number of halogens is 5. The van der Waals surface area contributed by atoms with Crippen LogP contribution in [-0.4, -0.2) is 12.1 Å². The minimum absolute atomic E-state index is 0.0233.